The molecular weight excluding hydrogens is 445 g/mol. The third kappa shape index (κ3) is 27.9. The van der Waals surface area contributed by atoms with E-state index in [0.29, 0.717) is 0 Å². The summed E-state index contributed by atoms with van der Waals surface area (Å²) in [5.41, 5.74) is 1.50. The van der Waals surface area contributed by atoms with E-state index in [1.807, 2.05) is 0 Å². The molecule has 0 atom stereocenters. The van der Waals surface area contributed by atoms with Gasteiger partial charge in [0.2, 0.25) is 10.4 Å². The Hall–Kier alpha value is -0.0800. The van der Waals surface area contributed by atoms with Crippen LogP contribution in [0.5, 0.6) is 0 Å². The minimum atomic E-state index is -5.27. The summed E-state index contributed by atoms with van der Waals surface area (Å²) in [7, 11) is -10.3. The summed E-state index contributed by atoms with van der Waals surface area (Å²) >= 11 is 0. The number of aryl methyl sites for hydroxylation is 1. The number of rotatable bonds is 14. The smallest absolute Gasteiger partial charge is 0.724 e. The Morgan fingerprint density at radius 1 is 0.800 bits per heavy atom. The molecule has 0 saturated heterocycles. The summed E-state index contributed by atoms with van der Waals surface area (Å²) in [6.07, 6.45) is 15.5. The largest absolute Gasteiger partial charge is 1.00 e. The van der Waals surface area contributed by atoms with Gasteiger partial charge in [0.25, 0.3) is 0 Å². The van der Waals surface area contributed by atoms with Crippen LogP contribution in [0.4, 0.5) is 0 Å². The van der Waals surface area contributed by atoms with Crippen molar-refractivity contribution in [3.63, 3.8) is 0 Å². The molecule has 0 bridgehead atoms. The van der Waals surface area contributed by atoms with Gasteiger partial charge in [-0.2, -0.15) is 8.42 Å². The van der Waals surface area contributed by atoms with E-state index in [1.165, 1.54) is 76.2 Å². The first-order chi connectivity index (χ1) is 13.1. The Balaban J connectivity index is -0.000000526. The second kappa shape index (κ2) is 20.8. The molecule has 1 aromatic carbocycles. The summed E-state index contributed by atoms with van der Waals surface area (Å²) in [5, 5.41) is 0. The fraction of sp³-hybridized carbons (Fsp3) is 0.667. The van der Waals surface area contributed by atoms with E-state index in [0.717, 1.165) is 0 Å². The molecule has 0 aliphatic carbocycles. The maximum absolute atomic E-state index is 9.48. The zero-order valence-corrected chi connectivity index (χ0v) is 21.6. The van der Waals surface area contributed by atoms with Crippen LogP contribution in [0, 0.1) is 0 Å². The van der Waals surface area contributed by atoms with Gasteiger partial charge in [-0.05, 0) is 18.4 Å². The molecule has 172 valence electrons. The first kappa shape index (κ1) is 34.5. The van der Waals surface area contributed by atoms with E-state index in [4.69, 9.17) is 4.55 Å². The van der Waals surface area contributed by atoms with Crippen LogP contribution in [0.3, 0.4) is 0 Å². The SMILES string of the molecule is CCCCCCCCCCCCc1ccccc1.N.O=S(=O)([O-])OOS(=O)(=O)O.[Na+]. The van der Waals surface area contributed by atoms with E-state index >= 15 is 0 Å². The van der Waals surface area contributed by atoms with Crippen LogP contribution in [-0.2, 0) is 35.9 Å². The zero-order valence-electron chi connectivity index (χ0n) is 18.0. The zero-order chi connectivity index (χ0) is 21.3. The van der Waals surface area contributed by atoms with Crippen LogP contribution >= 0.6 is 0 Å². The van der Waals surface area contributed by atoms with E-state index < -0.39 is 20.8 Å². The van der Waals surface area contributed by atoms with E-state index in [9.17, 15) is 21.4 Å². The molecule has 0 aromatic heterocycles. The van der Waals surface area contributed by atoms with Crippen LogP contribution in [0.15, 0.2) is 30.3 Å². The Kier molecular flexibility index (Phi) is 23.9. The van der Waals surface area contributed by atoms with Gasteiger partial charge in [-0.15, -0.1) is 0 Å². The van der Waals surface area contributed by atoms with E-state index in [-0.39, 0.29) is 35.7 Å². The Labute approximate surface area is 203 Å². The van der Waals surface area contributed by atoms with Crippen LogP contribution in [-0.4, -0.2) is 25.9 Å². The molecule has 0 radical (unpaired) electrons. The van der Waals surface area contributed by atoms with Crippen molar-refractivity contribution in [2.24, 2.45) is 0 Å². The van der Waals surface area contributed by atoms with Gasteiger partial charge in [-0.25, -0.2) is 8.42 Å². The van der Waals surface area contributed by atoms with Crippen molar-refractivity contribution in [2.45, 2.75) is 77.6 Å². The van der Waals surface area contributed by atoms with E-state index in [2.05, 4.69) is 45.9 Å². The third-order valence-corrected chi connectivity index (χ3v) is 4.42. The van der Waals surface area contributed by atoms with Crippen molar-refractivity contribution >= 4 is 20.8 Å². The molecule has 30 heavy (non-hydrogen) atoms. The Morgan fingerprint density at radius 3 is 1.60 bits per heavy atom. The molecular formula is C18H34NNaO8S2. The number of hydrogen-bond acceptors (Lipinski definition) is 8. The summed E-state index contributed by atoms with van der Waals surface area (Å²) < 4.78 is 60.2. The van der Waals surface area contributed by atoms with Gasteiger partial charge in [-0.1, -0.05) is 104 Å². The molecule has 0 fully saturated rings. The van der Waals surface area contributed by atoms with Crippen molar-refractivity contribution in [3.05, 3.63) is 35.9 Å². The van der Waals surface area contributed by atoms with Gasteiger partial charge in [0, 0.05) is 0 Å². The van der Waals surface area contributed by atoms with Crippen molar-refractivity contribution in [3.8, 4) is 0 Å². The molecule has 0 amide bonds. The molecule has 0 spiro atoms. The van der Waals surface area contributed by atoms with Crippen LogP contribution in [0.1, 0.15) is 76.7 Å². The minimum absolute atomic E-state index is 0. The van der Waals surface area contributed by atoms with Gasteiger partial charge in [0.05, 0.1) is 0 Å². The van der Waals surface area contributed by atoms with Crippen molar-refractivity contribution in [1.82, 2.24) is 6.15 Å². The fourth-order valence-electron chi connectivity index (χ4n) is 2.53. The molecule has 0 aliphatic rings. The standard InChI is InChI=1S/C18H30.H3N.Na.H2O8S2/c1-2-3-4-5-6-7-8-9-10-12-15-18-16-13-11-14-17-18;;;1-9(2,3)7-8-10(4,5)6/h11,13-14,16-17H,2-10,12,15H2,1H3;1H3;;(H,1,2,3)(H,4,5,6)/q;;+1;/p-1. The fourth-order valence-corrected chi connectivity index (χ4v) is 3.08. The quantitative estimate of drug-likeness (QED) is 0.100. The minimum Gasteiger partial charge on any atom is -0.724 e. The Bertz CT molecular complexity index is 668. The van der Waals surface area contributed by atoms with Gasteiger partial charge < -0.3 is 10.7 Å². The first-order valence-electron chi connectivity index (χ1n) is 9.49. The normalized spacial score (nSPS) is 10.9. The summed E-state index contributed by atoms with van der Waals surface area (Å²) in [6.45, 7) is 2.28. The van der Waals surface area contributed by atoms with Gasteiger partial charge in [0.15, 0.2) is 0 Å². The molecule has 0 aliphatic heterocycles. The summed E-state index contributed by atoms with van der Waals surface area (Å²) in [4.78, 5) is 0. The molecule has 0 unspecified atom stereocenters. The number of hydrogen-bond donors (Lipinski definition) is 2. The van der Waals surface area contributed by atoms with Crippen LogP contribution in [0.2, 0.25) is 0 Å². The number of benzene rings is 1. The van der Waals surface area contributed by atoms with Crippen LogP contribution < -0.4 is 35.7 Å². The first-order valence-corrected chi connectivity index (χ1v) is 12.2. The second-order valence-electron chi connectivity index (χ2n) is 6.39. The maximum atomic E-state index is 9.48. The molecule has 9 nitrogen and oxygen atoms in total. The number of unbranched alkanes of at least 4 members (excludes halogenated alkanes) is 9. The Morgan fingerprint density at radius 2 is 1.23 bits per heavy atom. The average Bonchev–Trinajstić information content (AvgIpc) is 2.62. The topological polar surface area (TPSA) is 165 Å². The second-order valence-corrected chi connectivity index (χ2v) is 8.33. The third-order valence-electron chi connectivity index (χ3n) is 3.86. The molecule has 0 heterocycles. The van der Waals surface area contributed by atoms with Crippen molar-refractivity contribution in [1.29, 1.82) is 0 Å². The molecule has 4 N–H and O–H groups in total. The monoisotopic (exact) mass is 479 g/mol. The van der Waals surface area contributed by atoms with Gasteiger partial charge in [0.1, 0.15) is 0 Å². The molecule has 1 aromatic rings. The summed E-state index contributed by atoms with van der Waals surface area (Å²) in [5.74, 6) is 0. The maximum Gasteiger partial charge on any atom is 1.00 e. The van der Waals surface area contributed by atoms with Crippen molar-refractivity contribution < 1.29 is 64.2 Å². The molecule has 0 saturated carbocycles. The average molecular weight is 480 g/mol. The van der Waals surface area contributed by atoms with Crippen molar-refractivity contribution in [2.75, 3.05) is 0 Å². The van der Waals surface area contributed by atoms with Gasteiger partial charge in [-0.3, -0.25) is 4.55 Å². The summed E-state index contributed by atoms with van der Waals surface area (Å²) in [6, 6.07) is 10.9. The molecule has 1 rings (SSSR count). The van der Waals surface area contributed by atoms with Gasteiger partial charge >= 0.3 is 40.0 Å². The van der Waals surface area contributed by atoms with Crippen LogP contribution in [0.25, 0.3) is 0 Å². The van der Waals surface area contributed by atoms with E-state index in [1.54, 1.807) is 0 Å². The predicted molar refractivity (Wildman–Crippen MR) is 110 cm³/mol. The molecule has 12 heteroatoms. The predicted octanol–water partition coefficient (Wildman–Crippen LogP) is 1.51.